The maximum atomic E-state index is 13.7. The molecule has 1 aromatic carbocycles. The molecule has 1 amide bonds. The molecule has 0 radical (unpaired) electrons. The number of carbonyl (C=O) groups is 3. The number of amides is 1. The van der Waals surface area contributed by atoms with Crippen LogP contribution in [0, 0.1) is 19.8 Å². The molecule has 2 aliphatic rings. The standard InChI is InChI=1S/C30H30N6O4/c1-16-7-23(40-4)11-22(33-16)12-28(38)27-10-20-9-26(20)36(27)29(39)15-35-25-6-5-19(21-13-31-18(3)32-14-21)8-24(25)30(34-35)17(2)37/h5-8,11,13-14,20,26-27H,9-10,12,15H2,1-4H3/t20-,26-,27+/m1/s1. The number of piperidine rings is 1. The topological polar surface area (TPSA) is 120 Å². The average molecular weight is 539 g/mol. The summed E-state index contributed by atoms with van der Waals surface area (Å²) < 4.78 is 6.91. The third-order valence-corrected chi connectivity index (χ3v) is 7.82. The minimum absolute atomic E-state index is 0.0274. The number of aromatic nitrogens is 5. The first kappa shape index (κ1) is 25.8. The minimum atomic E-state index is -0.494. The summed E-state index contributed by atoms with van der Waals surface area (Å²) in [5.74, 6) is 1.29. The number of aryl methyl sites for hydroxylation is 2. The van der Waals surface area contributed by atoms with Gasteiger partial charge in [0.05, 0.1) is 30.8 Å². The van der Waals surface area contributed by atoms with E-state index in [1.165, 1.54) is 6.92 Å². The molecule has 10 nitrogen and oxygen atoms in total. The van der Waals surface area contributed by atoms with E-state index in [1.807, 2.05) is 38.1 Å². The van der Waals surface area contributed by atoms with Crippen molar-refractivity contribution in [2.24, 2.45) is 5.92 Å². The van der Waals surface area contributed by atoms with E-state index in [0.717, 1.165) is 23.2 Å². The van der Waals surface area contributed by atoms with E-state index in [-0.39, 0.29) is 36.5 Å². The minimum Gasteiger partial charge on any atom is -0.497 e. The van der Waals surface area contributed by atoms with Crippen molar-refractivity contribution in [2.75, 3.05) is 7.11 Å². The van der Waals surface area contributed by atoms with Crippen molar-refractivity contribution in [1.82, 2.24) is 29.6 Å². The Hall–Kier alpha value is -4.47. The fourth-order valence-corrected chi connectivity index (χ4v) is 5.80. The molecule has 3 aromatic heterocycles. The molecule has 1 saturated carbocycles. The molecule has 1 aliphatic carbocycles. The number of methoxy groups -OCH3 is 1. The smallest absolute Gasteiger partial charge is 0.245 e. The second kappa shape index (κ2) is 9.93. The first-order chi connectivity index (χ1) is 19.2. The first-order valence-corrected chi connectivity index (χ1v) is 13.4. The lowest BCUT2D eigenvalue weighted by molar-refractivity contribution is -0.139. The number of hydrogen-bond donors (Lipinski definition) is 0. The van der Waals surface area contributed by atoms with E-state index >= 15 is 0 Å². The Kier molecular flexibility index (Phi) is 6.40. The molecule has 0 N–H and O–H groups in total. The molecular weight excluding hydrogens is 508 g/mol. The van der Waals surface area contributed by atoms with Gasteiger partial charge in [-0.2, -0.15) is 5.10 Å². The predicted molar refractivity (Wildman–Crippen MR) is 147 cm³/mol. The molecule has 0 bridgehead atoms. The molecule has 0 unspecified atom stereocenters. The fraction of sp³-hybridized carbons (Fsp3) is 0.367. The summed E-state index contributed by atoms with van der Waals surface area (Å²) in [4.78, 5) is 54.4. The maximum Gasteiger partial charge on any atom is 0.245 e. The third kappa shape index (κ3) is 4.74. The van der Waals surface area contributed by atoms with Crippen LogP contribution in [0.4, 0.5) is 0 Å². The Morgan fingerprint density at radius 3 is 2.52 bits per heavy atom. The quantitative estimate of drug-likeness (QED) is 0.313. The predicted octanol–water partition coefficient (Wildman–Crippen LogP) is 3.52. The van der Waals surface area contributed by atoms with Crippen molar-refractivity contribution in [3.8, 4) is 16.9 Å². The van der Waals surface area contributed by atoms with Crippen molar-refractivity contribution in [2.45, 2.75) is 58.7 Å². The lowest BCUT2D eigenvalue weighted by atomic mass is 10.0. The van der Waals surface area contributed by atoms with Gasteiger partial charge in [-0.15, -0.1) is 0 Å². The molecule has 1 aliphatic heterocycles. The van der Waals surface area contributed by atoms with Gasteiger partial charge in [-0.1, -0.05) is 6.07 Å². The zero-order chi connectivity index (χ0) is 28.1. The van der Waals surface area contributed by atoms with Crippen molar-refractivity contribution in [3.05, 3.63) is 65.6 Å². The number of ketones is 2. The maximum absolute atomic E-state index is 13.7. The van der Waals surface area contributed by atoms with Gasteiger partial charge in [0.25, 0.3) is 0 Å². The highest BCUT2D eigenvalue weighted by molar-refractivity contribution is 6.06. The van der Waals surface area contributed by atoms with Crippen molar-refractivity contribution in [3.63, 3.8) is 0 Å². The van der Waals surface area contributed by atoms with Gasteiger partial charge in [0, 0.05) is 54.1 Å². The van der Waals surface area contributed by atoms with Crippen molar-refractivity contribution in [1.29, 1.82) is 0 Å². The van der Waals surface area contributed by atoms with Crippen LogP contribution in [0.25, 0.3) is 22.0 Å². The first-order valence-electron chi connectivity index (χ1n) is 13.4. The van der Waals surface area contributed by atoms with Crippen molar-refractivity contribution < 1.29 is 19.1 Å². The summed E-state index contributed by atoms with van der Waals surface area (Å²) in [5, 5.41) is 5.20. The van der Waals surface area contributed by atoms with Gasteiger partial charge in [0.15, 0.2) is 11.6 Å². The Labute approximate surface area is 231 Å². The van der Waals surface area contributed by atoms with E-state index in [2.05, 4.69) is 20.1 Å². The van der Waals surface area contributed by atoms with Gasteiger partial charge < -0.3 is 9.64 Å². The molecule has 10 heteroatoms. The van der Waals surface area contributed by atoms with Gasteiger partial charge in [-0.3, -0.25) is 24.0 Å². The number of hydrogen-bond acceptors (Lipinski definition) is 8. The van der Waals surface area contributed by atoms with E-state index in [0.29, 0.717) is 46.2 Å². The van der Waals surface area contributed by atoms with Crippen LogP contribution in [-0.2, 0) is 22.6 Å². The summed E-state index contributed by atoms with van der Waals surface area (Å²) in [6, 6.07) is 8.82. The van der Waals surface area contributed by atoms with Crippen LogP contribution in [0.1, 0.15) is 47.5 Å². The van der Waals surface area contributed by atoms with E-state index in [1.54, 1.807) is 35.2 Å². The molecule has 40 heavy (non-hydrogen) atoms. The lowest BCUT2D eigenvalue weighted by Crippen LogP contribution is -2.45. The number of ether oxygens (including phenoxy) is 1. The van der Waals surface area contributed by atoms with Crippen LogP contribution in [0.5, 0.6) is 5.75 Å². The number of carbonyl (C=O) groups excluding carboxylic acids is 3. The van der Waals surface area contributed by atoms with E-state index in [4.69, 9.17) is 4.74 Å². The van der Waals surface area contributed by atoms with E-state index < -0.39 is 6.04 Å². The Bertz CT molecular complexity index is 1660. The SMILES string of the molecule is COc1cc(C)nc(CC(=O)[C@@H]2C[C@H]3C[C@H]3N2C(=O)Cn2nc(C(C)=O)c3cc(-c4cnc(C)nc4)ccc32)c1. The van der Waals surface area contributed by atoms with Gasteiger partial charge in [-0.25, -0.2) is 9.97 Å². The Morgan fingerprint density at radius 1 is 1.02 bits per heavy atom. The van der Waals surface area contributed by atoms with Crippen LogP contribution in [0.15, 0.2) is 42.7 Å². The van der Waals surface area contributed by atoms with Gasteiger partial charge in [0.1, 0.15) is 23.8 Å². The Balaban J connectivity index is 1.26. The summed E-state index contributed by atoms with van der Waals surface area (Å²) in [5.41, 5.74) is 4.07. The fourth-order valence-electron chi connectivity index (χ4n) is 5.80. The van der Waals surface area contributed by atoms with E-state index in [9.17, 15) is 14.4 Å². The molecule has 2 fully saturated rings. The second-order valence-corrected chi connectivity index (χ2v) is 10.7. The van der Waals surface area contributed by atoms with Crippen LogP contribution < -0.4 is 4.74 Å². The number of likely N-dealkylation sites (tertiary alicyclic amines) is 1. The molecule has 1 saturated heterocycles. The molecule has 3 atom stereocenters. The van der Waals surface area contributed by atoms with Gasteiger partial charge in [0.2, 0.25) is 5.91 Å². The summed E-state index contributed by atoms with van der Waals surface area (Å²) in [7, 11) is 1.58. The normalized spacial score (nSPS) is 19.5. The molecule has 204 valence electrons. The number of nitrogens with zero attached hydrogens (tertiary/aromatic N) is 6. The monoisotopic (exact) mass is 538 g/mol. The second-order valence-electron chi connectivity index (χ2n) is 10.7. The zero-order valence-corrected chi connectivity index (χ0v) is 22.9. The number of benzene rings is 1. The molecule has 6 rings (SSSR count). The largest absolute Gasteiger partial charge is 0.497 e. The highest BCUT2D eigenvalue weighted by Gasteiger charge is 2.55. The van der Waals surface area contributed by atoms with Crippen LogP contribution >= 0.6 is 0 Å². The highest BCUT2D eigenvalue weighted by Crippen LogP contribution is 2.48. The third-order valence-electron chi connectivity index (χ3n) is 7.82. The summed E-state index contributed by atoms with van der Waals surface area (Å²) in [6.45, 7) is 5.09. The average Bonchev–Trinajstić information content (AvgIpc) is 3.43. The molecule has 4 heterocycles. The number of fused-ring (bicyclic) bond motifs is 2. The number of Topliss-reactive ketones (excluding diaryl/α,β-unsaturated/α-hetero) is 2. The lowest BCUT2D eigenvalue weighted by Gasteiger charge is -2.27. The Morgan fingerprint density at radius 2 is 1.80 bits per heavy atom. The van der Waals surface area contributed by atoms with Crippen molar-refractivity contribution >= 4 is 28.4 Å². The van der Waals surface area contributed by atoms with Gasteiger partial charge >= 0.3 is 0 Å². The molecule has 0 spiro atoms. The van der Waals surface area contributed by atoms with Crippen LogP contribution in [-0.4, -0.2) is 66.3 Å². The number of rotatable bonds is 8. The van der Waals surface area contributed by atoms with Gasteiger partial charge in [-0.05, 0) is 50.3 Å². The highest BCUT2D eigenvalue weighted by atomic mass is 16.5. The summed E-state index contributed by atoms with van der Waals surface area (Å²) in [6.07, 6.45) is 5.19. The molecular formula is C30H30N6O4. The van der Waals surface area contributed by atoms with Crippen LogP contribution in [0.3, 0.4) is 0 Å². The molecule has 4 aromatic rings. The summed E-state index contributed by atoms with van der Waals surface area (Å²) >= 11 is 0. The van der Waals surface area contributed by atoms with Crippen LogP contribution in [0.2, 0.25) is 0 Å². The zero-order valence-electron chi connectivity index (χ0n) is 22.9. The number of pyridine rings is 1.